The van der Waals surface area contributed by atoms with E-state index in [-0.39, 0.29) is 0 Å². The summed E-state index contributed by atoms with van der Waals surface area (Å²) in [4.78, 5) is 17.3. The minimum atomic E-state index is 0.888. The summed E-state index contributed by atoms with van der Waals surface area (Å²) < 4.78 is 0. The summed E-state index contributed by atoms with van der Waals surface area (Å²) in [5, 5.41) is 7.00. The van der Waals surface area contributed by atoms with E-state index < -0.39 is 0 Å². The zero-order chi connectivity index (χ0) is 50.4. The molecule has 0 fully saturated rings. The maximum atomic E-state index is 5.76. The highest BCUT2D eigenvalue weighted by molar-refractivity contribution is 6.01. The van der Waals surface area contributed by atoms with Crippen molar-refractivity contribution in [1.82, 2.24) is 15.0 Å². The van der Waals surface area contributed by atoms with E-state index in [2.05, 4.69) is 276 Å². The van der Waals surface area contributed by atoms with Gasteiger partial charge in [0.05, 0.1) is 34.2 Å². The van der Waals surface area contributed by atoms with Gasteiger partial charge in [0.2, 0.25) is 0 Å². The second-order valence-corrected chi connectivity index (χ2v) is 19.6. The minimum absolute atomic E-state index is 0.888. The number of rotatable bonds is 9. The Balaban J connectivity index is 1.15. The van der Waals surface area contributed by atoms with E-state index in [1.807, 2.05) is 0 Å². The molecular weight excluding hydrogens is 907 g/mol. The number of nitrogens with zero attached hydrogens (tertiary/aromatic N) is 3. The molecule has 3 heterocycles. The van der Waals surface area contributed by atoms with Crippen molar-refractivity contribution in [3.63, 3.8) is 0 Å². The lowest BCUT2D eigenvalue weighted by Gasteiger charge is -2.24. The average Bonchev–Trinajstić information content (AvgIpc) is 3.47. The fraction of sp³-hybridized carbons (Fsp3) is 0.0417. The smallest absolute Gasteiger partial charge is 0.0721 e. The van der Waals surface area contributed by atoms with Crippen molar-refractivity contribution in [2.75, 3.05) is 0 Å². The van der Waals surface area contributed by atoms with Crippen LogP contribution in [0, 0.1) is 20.8 Å². The van der Waals surface area contributed by atoms with E-state index in [1.165, 1.54) is 16.2 Å². The number of aromatic nitrogens is 3. The van der Waals surface area contributed by atoms with Crippen molar-refractivity contribution in [2.24, 2.45) is 0 Å². The SMILES string of the molecule is Cc1c(-c2cc(-c3ccccc3)cc(-c3cccc4ccccc34)n2)c(C)c(-c2cc(-c3ccccc3)cc(-c3cccc4ccccc34)n2)c(C)c1-c1cc(-c2ccccc2)cc(-c2cccc3ccccc23)n1. The van der Waals surface area contributed by atoms with Crippen LogP contribution >= 0.6 is 0 Å². The normalized spacial score (nSPS) is 11.4. The van der Waals surface area contributed by atoms with Gasteiger partial charge in [-0.3, -0.25) is 0 Å². The number of hydrogen-bond acceptors (Lipinski definition) is 3. The Hall–Kier alpha value is -9.57. The lowest BCUT2D eigenvalue weighted by Crippen LogP contribution is -2.05. The van der Waals surface area contributed by atoms with Crippen molar-refractivity contribution in [3.8, 4) is 101 Å². The van der Waals surface area contributed by atoms with Crippen LogP contribution in [0.25, 0.3) is 133 Å². The Morgan fingerprint density at radius 1 is 0.213 bits per heavy atom. The second kappa shape index (κ2) is 19.1. The van der Waals surface area contributed by atoms with Crippen LogP contribution in [-0.4, -0.2) is 15.0 Å². The molecule has 0 saturated heterocycles. The summed E-state index contributed by atoms with van der Waals surface area (Å²) in [6.45, 7) is 6.81. The van der Waals surface area contributed by atoms with E-state index in [9.17, 15) is 0 Å². The molecule has 3 heteroatoms. The second-order valence-electron chi connectivity index (χ2n) is 19.6. The standard InChI is InChI=1S/C72H51N3/c1-46-70(67-43-55(49-22-7-4-8-23-49)40-64(73-67)61-37-19-31-52-28-13-16-34-58(52)61)47(2)72(69-45-57(51-26-11-6-12-27-51)42-66(75-69)63-39-21-33-54-30-15-18-36-60(54)63)48(3)71(46)68-44-56(50-24-9-5-10-25-50)41-65(74-68)62-38-20-32-53-29-14-17-35-59(53)62/h4-45H,1-3H3. The highest BCUT2D eigenvalue weighted by Crippen LogP contribution is 2.47. The first-order valence-electron chi connectivity index (χ1n) is 25.8. The first kappa shape index (κ1) is 45.3. The first-order chi connectivity index (χ1) is 36.9. The lowest BCUT2D eigenvalue weighted by molar-refractivity contribution is 1.22. The number of benzene rings is 10. The van der Waals surface area contributed by atoms with Gasteiger partial charge < -0.3 is 0 Å². The van der Waals surface area contributed by atoms with Crippen LogP contribution in [0.1, 0.15) is 16.7 Å². The summed E-state index contributed by atoms with van der Waals surface area (Å²) in [6.07, 6.45) is 0. The van der Waals surface area contributed by atoms with Gasteiger partial charge in [-0.25, -0.2) is 15.0 Å². The van der Waals surface area contributed by atoms with E-state index >= 15 is 0 Å². The topological polar surface area (TPSA) is 38.7 Å². The molecule has 3 aromatic heterocycles. The molecule has 13 rings (SSSR count). The predicted octanol–water partition coefficient (Wildman–Crippen LogP) is 19.3. The molecule has 0 aliphatic rings. The molecule has 3 nitrogen and oxygen atoms in total. The molecule has 354 valence electrons. The summed E-state index contributed by atoms with van der Waals surface area (Å²) in [5.74, 6) is 0. The molecule has 0 aliphatic heterocycles. The molecule has 0 radical (unpaired) electrons. The Labute approximate surface area is 438 Å². The van der Waals surface area contributed by atoms with E-state index in [1.54, 1.807) is 0 Å². The fourth-order valence-electron chi connectivity index (χ4n) is 11.5. The maximum Gasteiger partial charge on any atom is 0.0721 e. The van der Waals surface area contributed by atoms with Crippen LogP contribution in [0.15, 0.2) is 255 Å². The van der Waals surface area contributed by atoms with Gasteiger partial charge in [-0.05, 0) is 140 Å². The predicted molar refractivity (Wildman–Crippen MR) is 315 cm³/mol. The third-order valence-corrected chi connectivity index (χ3v) is 15.0. The van der Waals surface area contributed by atoms with E-state index in [0.29, 0.717) is 0 Å². The summed E-state index contributed by atoms with van der Waals surface area (Å²) >= 11 is 0. The minimum Gasteiger partial charge on any atom is -0.248 e. The summed E-state index contributed by atoms with van der Waals surface area (Å²) in [7, 11) is 0. The molecule has 0 atom stereocenters. The molecule has 0 saturated carbocycles. The van der Waals surface area contributed by atoms with Crippen LogP contribution < -0.4 is 0 Å². The van der Waals surface area contributed by atoms with Gasteiger partial charge in [0.25, 0.3) is 0 Å². The molecule has 0 unspecified atom stereocenters. The maximum absolute atomic E-state index is 5.76. The largest absolute Gasteiger partial charge is 0.248 e. The Morgan fingerprint density at radius 2 is 0.453 bits per heavy atom. The van der Waals surface area contributed by atoms with E-state index in [0.717, 1.165) is 134 Å². The Kier molecular flexibility index (Phi) is 11.6. The van der Waals surface area contributed by atoms with E-state index in [4.69, 9.17) is 15.0 Å². The number of hydrogen-bond donors (Lipinski definition) is 0. The first-order valence-corrected chi connectivity index (χ1v) is 25.8. The molecular formula is C72H51N3. The zero-order valence-electron chi connectivity index (χ0n) is 42.1. The van der Waals surface area contributed by atoms with Crippen LogP contribution in [0.2, 0.25) is 0 Å². The molecule has 0 N–H and O–H groups in total. The number of pyridine rings is 3. The van der Waals surface area contributed by atoms with Crippen molar-refractivity contribution in [3.05, 3.63) is 271 Å². The summed E-state index contributed by atoms with van der Waals surface area (Å²) in [5.41, 5.74) is 21.8. The van der Waals surface area contributed by atoms with Crippen LogP contribution in [-0.2, 0) is 0 Å². The van der Waals surface area contributed by atoms with Gasteiger partial charge in [0.1, 0.15) is 0 Å². The van der Waals surface area contributed by atoms with Gasteiger partial charge in [0.15, 0.2) is 0 Å². The third kappa shape index (κ3) is 8.35. The van der Waals surface area contributed by atoms with Gasteiger partial charge in [-0.1, -0.05) is 218 Å². The Bertz CT molecular complexity index is 3830. The summed E-state index contributed by atoms with van der Waals surface area (Å²) in [6, 6.07) is 91.1. The van der Waals surface area contributed by atoms with Crippen molar-refractivity contribution >= 4 is 32.3 Å². The van der Waals surface area contributed by atoms with Crippen LogP contribution in [0.3, 0.4) is 0 Å². The molecule has 13 aromatic rings. The fourth-order valence-corrected chi connectivity index (χ4v) is 11.5. The third-order valence-electron chi connectivity index (χ3n) is 15.0. The highest BCUT2D eigenvalue weighted by Gasteiger charge is 2.26. The van der Waals surface area contributed by atoms with Crippen LogP contribution in [0.5, 0.6) is 0 Å². The van der Waals surface area contributed by atoms with Gasteiger partial charge in [-0.15, -0.1) is 0 Å². The molecule has 0 amide bonds. The van der Waals surface area contributed by atoms with Crippen molar-refractivity contribution < 1.29 is 0 Å². The average molecular weight is 958 g/mol. The molecule has 0 aliphatic carbocycles. The van der Waals surface area contributed by atoms with Crippen LogP contribution in [0.4, 0.5) is 0 Å². The number of fused-ring (bicyclic) bond motifs is 3. The molecule has 0 bridgehead atoms. The molecule has 75 heavy (non-hydrogen) atoms. The monoisotopic (exact) mass is 957 g/mol. The highest BCUT2D eigenvalue weighted by atomic mass is 14.7. The van der Waals surface area contributed by atoms with Gasteiger partial charge in [0, 0.05) is 33.4 Å². The quantitative estimate of drug-likeness (QED) is 0.145. The van der Waals surface area contributed by atoms with Gasteiger partial charge in [-0.2, -0.15) is 0 Å². The van der Waals surface area contributed by atoms with Gasteiger partial charge >= 0.3 is 0 Å². The zero-order valence-corrected chi connectivity index (χ0v) is 42.1. The molecule has 10 aromatic carbocycles. The van der Waals surface area contributed by atoms with Crippen molar-refractivity contribution in [1.29, 1.82) is 0 Å². The molecule has 0 spiro atoms. The van der Waals surface area contributed by atoms with Crippen molar-refractivity contribution in [2.45, 2.75) is 20.8 Å². The lowest BCUT2D eigenvalue weighted by atomic mass is 9.82. The Morgan fingerprint density at radius 3 is 0.747 bits per heavy atom.